The first-order chi connectivity index (χ1) is 10.8. The summed E-state index contributed by atoms with van der Waals surface area (Å²) in [7, 11) is 3.42. The van der Waals surface area contributed by atoms with Crippen molar-refractivity contribution in [2.24, 2.45) is 0 Å². The number of thioether (sulfide) groups is 1. The molecule has 0 saturated carbocycles. The molecule has 0 amide bonds. The van der Waals surface area contributed by atoms with Crippen LogP contribution in [0.3, 0.4) is 0 Å². The first-order valence-electron chi connectivity index (χ1n) is 7.73. The van der Waals surface area contributed by atoms with Gasteiger partial charge in [0.2, 0.25) is 0 Å². The van der Waals surface area contributed by atoms with Crippen LogP contribution in [0.25, 0.3) is 0 Å². The maximum absolute atomic E-state index is 5.25. The predicted octanol–water partition coefficient (Wildman–Crippen LogP) is 5.40. The Balaban J connectivity index is 1.72. The quantitative estimate of drug-likeness (QED) is 0.752. The number of methoxy groups -OCH3 is 2. The first kappa shape index (κ1) is 15.3. The smallest absolute Gasteiger partial charge is 0.118 e. The van der Waals surface area contributed by atoms with Crippen molar-refractivity contribution in [2.45, 2.75) is 29.8 Å². The Morgan fingerprint density at radius 1 is 0.727 bits per heavy atom. The van der Waals surface area contributed by atoms with Gasteiger partial charge in [0.05, 0.1) is 14.2 Å². The van der Waals surface area contributed by atoms with Gasteiger partial charge >= 0.3 is 0 Å². The van der Waals surface area contributed by atoms with E-state index in [4.69, 9.17) is 9.47 Å². The molecule has 1 aliphatic rings. The third-order valence-corrected chi connectivity index (χ3v) is 5.91. The number of benzene rings is 2. The minimum atomic E-state index is 0.576. The maximum Gasteiger partial charge on any atom is 0.118 e. The van der Waals surface area contributed by atoms with E-state index in [1.165, 1.54) is 30.4 Å². The zero-order chi connectivity index (χ0) is 15.4. The first-order valence-corrected chi connectivity index (χ1v) is 8.68. The third kappa shape index (κ3) is 3.41. The predicted molar refractivity (Wildman–Crippen MR) is 92.9 cm³/mol. The Morgan fingerprint density at radius 2 is 1.14 bits per heavy atom. The van der Waals surface area contributed by atoms with E-state index in [-0.39, 0.29) is 0 Å². The molecule has 2 atom stereocenters. The van der Waals surface area contributed by atoms with E-state index in [1.807, 2.05) is 0 Å². The highest BCUT2D eigenvalue weighted by molar-refractivity contribution is 7.99. The summed E-state index contributed by atoms with van der Waals surface area (Å²) in [4.78, 5) is 0. The minimum Gasteiger partial charge on any atom is -0.497 e. The Morgan fingerprint density at radius 3 is 1.50 bits per heavy atom. The van der Waals surface area contributed by atoms with Crippen LogP contribution in [-0.2, 0) is 0 Å². The van der Waals surface area contributed by atoms with Crippen LogP contribution in [0, 0.1) is 0 Å². The molecule has 2 unspecified atom stereocenters. The molecule has 1 heterocycles. The van der Waals surface area contributed by atoms with Crippen LogP contribution in [0.2, 0.25) is 0 Å². The molecule has 0 aromatic heterocycles. The van der Waals surface area contributed by atoms with Crippen molar-refractivity contribution in [3.63, 3.8) is 0 Å². The third-order valence-electron chi connectivity index (χ3n) is 4.24. The van der Waals surface area contributed by atoms with Crippen LogP contribution in [0.1, 0.15) is 40.9 Å². The normalized spacial score (nSPS) is 21.4. The molecule has 0 aliphatic carbocycles. The van der Waals surface area contributed by atoms with E-state index in [9.17, 15) is 0 Å². The van der Waals surface area contributed by atoms with Crippen molar-refractivity contribution < 1.29 is 9.47 Å². The summed E-state index contributed by atoms with van der Waals surface area (Å²) in [6.45, 7) is 0. The average molecular weight is 314 g/mol. The zero-order valence-corrected chi connectivity index (χ0v) is 13.9. The molecule has 0 spiro atoms. The van der Waals surface area contributed by atoms with Gasteiger partial charge in [-0.15, -0.1) is 11.8 Å². The van der Waals surface area contributed by atoms with Gasteiger partial charge in [0.1, 0.15) is 11.5 Å². The second kappa shape index (κ2) is 7.10. The Kier molecular flexibility index (Phi) is 4.94. The van der Waals surface area contributed by atoms with E-state index in [2.05, 4.69) is 60.3 Å². The highest BCUT2D eigenvalue weighted by atomic mass is 32.2. The SMILES string of the molecule is COc1ccc(C2CCCC(c3ccc(OC)cc3)S2)cc1. The van der Waals surface area contributed by atoms with E-state index in [0.29, 0.717) is 10.5 Å². The molecule has 0 radical (unpaired) electrons. The molecule has 116 valence electrons. The Hall–Kier alpha value is -1.61. The van der Waals surface area contributed by atoms with Gasteiger partial charge in [-0.25, -0.2) is 0 Å². The lowest BCUT2D eigenvalue weighted by molar-refractivity contribution is 0.414. The monoisotopic (exact) mass is 314 g/mol. The summed E-state index contributed by atoms with van der Waals surface area (Å²) in [5.41, 5.74) is 2.81. The molecule has 2 aromatic carbocycles. The highest BCUT2D eigenvalue weighted by Gasteiger charge is 2.25. The van der Waals surface area contributed by atoms with Crippen LogP contribution in [0.15, 0.2) is 48.5 Å². The molecule has 2 aromatic rings. The molecular weight excluding hydrogens is 292 g/mol. The van der Waals surface area contributed by atoms with Gasteiger partial charge in [0, 0.05) is 10.5 Å². The van der Waals surface area contributed by atoms with Crippen LogP contribution >= 0.6 is 11.8 Å². The lowest BCUT2D eigenvalue weighted by Crippen LogP contribution is -2.07. The molecular formula is C19H22O2S. The fourth-order valence-corrected chi connectivity index (χ4v) is 4.58. The summed E-state index contributed by atoms with van der Waals surface area (Å²) in [6.07, 6.45) is 3.79. The van der Waals surface area contributed by atoms with Crippen LogP contribution in [0.4, 0.5) is 0 Å². The van der Waals surface area contributed by atoms with Gasteiger partial charge in [-0.2, -0.15) is 0 Å². The maximum atomic E-state index is 5.25. The van der Waals surface area contributed by atoms with Crippen molar-refractivity contribution in [3.05, 3.63) is 59.7 Å². The molecule has 2 nitrogen and oxygen atoms in total. The topological polar surface area (TPSA) is 18.5 Å². The Labute approximate surface area is 136 Å². The average Bonchev–Trinajstić information content (AvgIpc) is 2.62. The van der Waals surface area contributed by atoms with E-state index in [0.717, 1.165) is 11.5 Å². The molecule has 3 heteroatoms. The Bertz CT molecular complexity index is 538. The van der Waals surface area contributed by atoms with Gasteiger partial charge in [-0.3, -0.25) is 0 Å². The second-order valence-electron chi connectivity index (χ2n) is 5.59. The number of rotatable bonds is 4. The standard InChI is InChI=1S/C19H22O2S/c1-20-16-10-6-14(7-11-16)18-4-3-5-19(22-18)15-8-12-17(21-2)13-9-15/h6-13,18-19H,3-5H2,1-2H3. The van der Waals surface area contributed by atoms with Crippen LogP contribution in [-0.4, -0.2) is 14.2 Å². The summed E-state index contributed by atoms with van der Waals surface area (Å²) in [6, 6.07) is 17.1. The molecule has 3 rings (SSSR count). The lowest BCUT2D eigenvalue weighted by Gasteiger charge is -2.29. The number of hydrogen-bond acceptors (Lipinski definition) is 3. The fraction of sp³-hybridized carbons (Fsp3) is 0.368. The summed E-state index contributed by atoms with van der Waals surface area (Å²) >= 11 is 2.08. The second-order valence-corrected chi connectivity index (χ2v) is 7.00. The van der Waals surface area contributed by atoms with Gasteiger partial charge in [-0.1, -0.05) is 30.7 Å². The zero-order valence-electron chi connectivity index (χ0n) is 13.1. The molecule has 0 N–H and O–H groups in total. The summed E-state index contributed by atoms with van der Waals surface area (Å²) in [5, 5.41) is 1.15. The lowest BCUT2D eigenvalue weighted by atomic mass is 10.0. The molecule has 1 saturated heterocycles. The minimum absolute atomic E-state index is 0.576. The van der Waals surface area contributed by atoms with Gasteiger partial charge in [0.15, 0.2) is 0 Å². The fourth-order valence-electron chi connectivity index (χ4n) is 2.95. The number of ether oxygens (including phenoxy) is 2. The van der Waals surface area contributed by atoms with E-state index >= 15 is 0 Å². The largest absolute Gasteiger partial charge is 0.497 e. The molecule has 0 bridgehead atoms. The van der Waals surface area contributed by atoms with Crippen molar-refractivity contribution >= 4 is 11.8 Å². The van der Waals surface area contributed by atoms with Gasteiger partial charge < -0.3 is 9.47 Å². The van der Waals surface area contributed by atoms with Crippen molar-refractivity contribution in [1.29, 1.82) is 0 Å². The summed E-state index contributed by atoms with van der Waals surface area (Å²) in [5.74, 6) is 1.85. The number of hydrogen-bond donors (Lipinski definition) is 0. The highest BCUT2D eigenvalue weighted by Crippen LogP contribution is 2.50. The van der Waals surface area contributed by atoms with Crippen molar-refractivity contribution in [2.75, 3.05) is 14.2 Å². The van der Waals surface area contributed by atoms with Crippen molar-refractivity contribution in [1.82, 2.24) is 0 Å². The molecule has 1 aliphatic heterocycles. The van der Waals surface area contributed by atoms with E-state index in [1.54, 1.807) is 14.2 Å². The van der Waals surface area contributed by atoms with E-state index < -0.39 is 0 Å². The summed E-state index contributed by atoms with van der Waals surface area (Å²) < 4.78 is 10.5. The molecule has 22 heavy (non-hydrogen) atoms. The van der Waals surface area contributed by atoms with Crippen molar-refractivity contribution in [3.8, 4) is 11.5 Å². The molecule has 1 fully saturated rings. The van der Waals surface area contributed by atoms with Crippen LogP contribution in [0.5, 0.6) is 11.5 Å². The van der Waals surface area contributed by atoms with Gasteiger partial charge in [0.25, 0.3) is 0 Å². The van der Waals surface area contributed by atoms with Crippen LogP contribution < -0.4 is 9.47 Å². The van der Waals surface area contributed by atoms with Gasteiger partial charge in [-0.05, 0) is 48.2 Å².